The predicted octanol–water partition coefficient (Wildman–Crippen LogP) is 17.5. The summed E-state index contributed by atoms with van der Waals surface area (Å²) in [7, 11) is 0. The fourth-order valence-electron chi connectivity index (χ4n) is 10.1. The Morgan fingerprint density at radius 1 is 0.400 bits per heavy atom. The lowest BCUT2D eigenvalue weighted by Gasteiger charge is -2.30. The molecule has 0 spiro atoms. The average Bonchev–Trinajstić information content (AvgIpc) is 3.92. The molecule has 346 valence electrons. The number of nitrogens with zero attached hydrogens (tertiary/aromatic N) is 4. The van der Waals surface area contributed by atoms with Gasteiger partial charge in [0.15, 0.2) is 0 Å². The van der Waals surface area contributed by atoms with E-state index >= 15 is 0 Å². The Morgan fingerprint density at radius 3 is 1.77 bits per heavy atom. The molecule has 1 aliphatic rings. The summed E-state index contributed by atoms with van der Waals surface area (Å²) in [5, 5.41) is 2.32. The van der Waals surface area contributed by atoms with Gasteiger partial charge in [-0.05, 0) is 128 Å². The van der Waals surface area contributed by atoms with Crippen LogP contribution < -0.4 is 14.5 Å². The Hall–Kier alpha value is -7.89. The molecular weight excluding hydrogens is 853 g/mol. The van der Waals surface area contributed by atoms with Gasteiger partial charge in [0.1, 0.15) is 24.0 Å². The molecule has 10 aromatic rings. The van der Waals surface area contributed by atoms with Gasteiger partial charge < -0.3 is 14.5 Å². The van der Waals surface area contributed by atoms with E-state index in [0.29, 0.717) is 6.67 Å². The van der Waals surface area contributed by atoms with E-state index in [1.807, 2.05) is 6.20 Å². The van der Waals surface area contributed by atoms with Gasteiger partial charge in [0, 0.05) is 45.9 Å². The normalized spacial score (nSPS) is 13.0. The van der Waals surface area contributed by atoms with Crippen molar-refractivity contribution < 1.29 is 4.74 Å². The number of fused-ring (bicyclic) bond motifs is 4. The summed E-state index contributed by atoms with van der Waals surface area (Å²) in [6.07, 6.45) is 1.93. The molecule has 0 amide bonds. The molecule has 2 aromatic heterocycles. The van der Waals surface area contributed by atoms with Crippen LogP contribution in [-0.4, -0.2) is 16.2 Å². The first-order chi connectivity index (χ1) is 33.7. The highest BCUT2D eigenvalue weighted by Gasteiger charge is 2.32. The van der Waals surface area contributed by atoms with Crippen LogP contribution in [0.5, 0.6) is 11.5 Å². The molecule has 1 aliphatic heterocycles. The van der Waals surface area contributed by atoms with E-state index in [1.54, 1.807) is 0 Å². The number of rotatable bonds is 9. The first-order valence-electron chi connectivity index (χ1n) is 24.5. The third kappa shape index (κ3) is 8.30. The molecule has 0 saturated heterocycles. The number of hydrogen-bond acceptors (Lipinski definition) is 4. The third-order valence-electron chi connectivity index (χ3n) is 14.3. The van der Waals surface area contributed by atoms with Crippen molar-refractivity contribution in [1.29, 1.82) is 0 Å². The first-order valence-corrected chi connectivity index (χ1v) is 24.5. The van der Waals surface area contributed by atoms with Crippen LogP contribution >= 0.6 is 0 Å². The van der Waals surface area contributed by atoms with Crippen molar-refractivity contribution in [3.8, 4) is 39.6 Å². The van der Waals surface area contributed by atoms with E-state index in [9.17, 15) is 0 Å². The van der Waals surface area contributed by atoms with Crippen molar-refractivity contribution in [2.75, 3.05) is 16.5 Å². The van der Waals surface area contributed by atoms with E-state index in [2.05, 4.69) is 270 Å². The van der Waals surface area contributed by atoms with Gasteiger partial charge in [-0.2, -0.15) is 0 Å². The molecule has 8 aromatic carbocycles. The quantitative estimate of drug-likeness (QED) is 0.144. The predicted molar refractivity (Wildman–Crippen MR) is 294 cm³/mol. The number of ether oxygens (including phenoxy) is 1. The zero-order chi connectivity index (χ0) is 48.4. The van der Waals surface area contributed by atoms with Gasteiger partial charge >= 0.3 is 0 Å². The molecule has 0 N–H and O–H groups in total. The molecular formula is C65H60N4O. The monoisotopic (exact) mass is 912 g/mol. The molecule has 0 aliphatic carbocycles. The highest BCUT2D eigenvalue weighted by Crippen LogP contribution is 2.49. The van der Waals surface area contributed by atoms with Crippen LogP contribution in [0.25, 0.3) is 49.9 Å². The summed E-state index contributed by atoms with van der Waals surface area (Å²) < 4.78 is 9.18. The Morgan fingerprint density at radius 2 is 1.06 bits per heavy atom. The maximum absolute atomic E-state index is 6.89. The van der Waals surface area contributed by atoms with E-state index in [4.69, 9.17) is 9.72 Å². The lowest BCUT2D eigenvalue weighted by Crippen LogP contribution is -2.25. The Labute approximate surface area is 413 Å². The molecule has 5 heteroatoms. The van der Waals surface area contributed by atoms with Crippen molar-refractivity contribution in [3.05, 3.63) is 229 Å². The SMILES string of the molecule is CC(C)(C)c1ccnc(-n2c3ccc(-c4ccccc4)cc3c3ccc(Oc4cccc(N5CN(c6cc(-c7ccccc7)cc(C(C)(C)c7ccccc7)c6)c6cc(C(C)(C)C)ccc65)c4)cc32)c1. The molecule has 0 radical (unpaired) electrons. The van der Waals surface area contributed by atoms with Gasteiger partial charge in [0.05, 0.1) is 22.4 Å². The summed E-state index contributed by atoms with van der Waals surface area (Å²) in [6.45, 7) is 18.9. The van der Waals surface area contributed by atoms with Crippen molar-refractivity contribution in [1.82, 2.24) is 9.55 Å². The summed E-state index contributed by atoms with van der Waals surface area (Å²) in [5.41, 5.74) is 16.2. The van der Waals surface area contributed by atoms with Crippen LogP contribution in [0.2, 0.25) is 0 Å². The van der Waals surface area contributed by atoms with Crippen LogP contribution in [0.3, 0.4) is 0 Å². The molecule has 0 unspecified atom stereocenters. The van der Waals surface area contributed by atoms with Crippen LogP contribution in [0.1, 0.15) is 77.6 Å². The van der Waals surface area contributed by atoms with Crippen LogP contribution in [0, 0.1) is 0 Å². The van der Waals surface area contributed by atoms with E-state index in [1.165, 1.54) is 55.6 Å². The smallest absolute Gasteiger partial charge is 0.137 e. The van der Waals surface area contributed by atoms with E-state index < -0.39 is 0 Å². The second-order valence-corrected chi connectivity index (χ2v) is 21.4. The minimum Gasteiger partial charge on any atom is -0.457 e. The molecule has 3 heterocycles. The molecule has 0 atom stereocenters. The maximum atomic E-state index is 6.89. The van der Waals surface area contributed by atoms with E-state index in [-0.39, 0.29) is 16.2 Å². The van der Waals surface area contributed by atoms with Gasteiger partial charge in [0.2, 0.25) is 0 Å². The molecule has 5 nitrogen and oxygen atoms in total. The van der Waals surface area contributed by atoms with Crippen LogP contribution in [0.4, 0.5) is 22.7 Å². The fourth-order valence-corrected chi connectivity index (χ4v) is 10.1. The zero-order valence-electron chi connectivity index (χ0n) is 41.5. The van der Waals surface area contributed by atoms with Crippen LogP contribution in [0.15, 0.2) is 206 Å². The number of anilines is 4. The summed E-state index contributed by atoms with van der Waals surface area (Å²) in [6, 6.07) is 72.5. The number of pyridine rings is 1. The van der Waals surface area contributed by atoms with Gasteiger partial charge in [-0.15, -0.1) is 0 Å². The van der Waals surface area contributed by atoms with Crippen molar-refractivity contribution in [2.24, 2.45) is 0 Å². The van der Waals surface area contributed by atoms with Gasteiger partial charge in [-0.1, -0.05) is 171 Å². The van der Waals surface area contributed by atoms with Gasteiger partial charge in [0.25, 0.3) is 0 Å². The maximum Gasteiger partial charge on any atom is 0.137 e. The summed E-state index contributed by atoms with van der Waals surface area (Å²) >= 11 is 0. The topological polar surface area (TPSA) is 33.5 Å². The minimum atomic E-state index is -0.239. The molecule has 0 saturated carbocycles. The fraction of sp³-hybridized carbons (Fsp3) is 0.185. The highest BCUT2D eigenvalue weighted by atomic mass is 16.5. The van der Waals surface area contributed by atoms with Crippen molar-refractivity contribution >= 4 is 44.6 Å². The number of benzene rings is 8. The van der Waals surface area contributed by atoms with Crippen LogP contribution in [-0.2, 0) is 16.2 Å². The summed E-state index contributed by atoms with van der Waals surface area (Å²) in [4.78, 5) is 9.89. The Balaban J connectivity index is 0.991. The van der Waals surface area contributed by atoms with Crippen molar-refractivity contribution in [3.63, 3.8) is 0 Å². The number of aromatic nitrogens is 2. The number of hydrogen-bond donors (Lipinski definition) is 0. The lowest BCUT2D eigenvalue weighted by atomic mass is 9.77. The van der Waals surface area contributed by atoms with E-state index in [0.717, 1.165) is 50.8 Å². The second kappa shape index (κ2) is 17.3. The second-order valence-electron chi connectivity index (χ2n) is 21.4. The standard InChI is InChI=1S/C65H60N4O/c1-63(2,3)49-28-32-59-61(39-49)68(53-36-47(45-21-14-10-15-22-45)35-51(38-53)65(7,8)48-23-16-11-17-24-48)43-67(59)52-25-18-26-54(41-52)70-55-29-30-56-57-37-46(44-19-12-9-13-20-44)27-31-58(57)69(60(56)42-55)62-40-50(33-34-66-62)64(4,5)6/h9-42H,43H2,1-8H3. The lowest BCUT2D eigenvalue weighted by molar-refractivity contribution is 0.483. The Kier molecular flexibility index (Phi) is 11.0. The molecule has 0 fully saturated rings. The highest BCUT2D eigenvalue weighted by molar-refractivity contribution is 6.10. The third-order valence-corrected chi connectivity index (χ3v) is 14.3. The molecule has 70 heavy (non-hydrogen) atoms. The largest absolute Gasteiger partial charge is 0.457 e. The minimum absolute atomic E-state index is 0.0311. The van der Waals surface area contributed by atoms with Gasteiger partial charge in [-0.3, -0.25) is 4.57 Å². The summed E-state index contributed by atoms with van der Waals surface area (Å²) in [5.74, 6) is 2.41. The Bertz CT molecular complexity index is 3540. The van der Waals surface area contributed by atoms with Gasteiger partial charge in [-0.25, -0.2) is 4.98 Å². The van der Waals surface area contributed by atoms with Crippen molar-refractivity contribution in [2.45, 2.75) is 71.6 Å². The average molecular weight is 913 g/mol. The molecule has 0 bridgehead atoms. The zero-order valence-corrected chi connectivity index (χ0v) is 41.5. The first kappa shape index (κ1) is 44.6. The molecule has 11 rings (SSSR count).